The third kappa shape index (κ3) is 4.52. The molecule has 2 aliphatic rings. The van der Waals surface area contributed by atoms with Crippen LogP contribution in [0.2, 0.25) is 0 Å². The number of nitrogens with zero attached hydrogens (tertiary/aromatic N) is 2. The molecular formula is C20H22N2O5S2. The van der Waals surface area contributed by atoms with Gasteiger partial charge in [-0.3, -0.25) is 4.79 Å². The monoisotopic (exact) mass is 434 g/mol. The molecule has 0 bridgehead atoms. The van der Waals surface area contributed by atoms with Crippen molar-refractivity contribution in [1.29, 1.82) is 0 Å². The van der Waals surface area contributed by atoms with Crippen molar-refractivity contribution in [3.8, 4) is 11.5 Å². The van der Waals surface area contributed by atoms with E-state index in [0.29, 0.717) is 50.9 Å². The number of carbonyl (C=O) groups excluding carboxylic acids is 1. The summed E-state index contributed by atoms with van der Waals surface area (Å²) < 4.78 is 37.9. The number of benzene rings is 2. The zero-order valence-corrected chi connectivity index (χ0v) is 17.5. The van der Waals surface area contributed by atoms with E-state index >= 15 is 0 Å². The summed E-state index contributed by atoms with van der Waals surface area (Å²) in [4.78, 5) is 15.5. The molecule has 0 aromatic heterocycles. The zero-order chi connectivity index (χ0) is 20.3. The van der Waals surface area contributed by atoms with Crippen molar-refractivity contribution in [3.05, 3.63) is 48.5 Å². The standard InChI is InChI=1S/C20H22N2O5S2/c23-20(15-28-16-6-7-18-19(14-16)27-13-12-26-18)21-8-10-22(11-9-21)29(24,25)17-4-2-1-3-5-17/h1-7,14H,8-13,15H2. The van der Waals surface area contributed by atoms with E-state index in [9.17, 15) is 13.2 Å². The van der Waals surface area contributed by atoms with E-state index in [1.807, 2.05) is 18.2 Å². The lowest BCUT2D eigenvalue weighted by Crippen LogP contribution is -2.50. The number of sulfonamides is 1. The molecule has 0 saturated carbocycles. The van der Waals surface area contributed by atoms with Gasteiger partial charge in [0.15, 0.2) is 11.5 Å². The highest BCUT2D eigenvalue weighted by Crippen LogP contribution is 2.34. The summed E-state index contributed by atoms with van der Waals surface area (Å²) in [6.45, 7) is 2.47. The molecule has 154 valence electrons. The second-order valence-electron chi connectivity index (χ2n) is 6.69. The molecule has 1 saturated heterocycles. The Morgan fingerprint density at radius 2 is 1.62 bits per heavy atom. The fraction of sp³-hybridized carbons (Fsp3) is 0.350. The molecule has 2 aromatic carbocycles. The van der Waals surface area contributed by atoms with Gasteiger partial charge in [-0.1, -0.05) is 18.2 Å². The van der Waals surface area contributed by atoms with Gasteiger partial charge >= 0.3 is 0 Å². The van der Waals surface area contributed by atoms with Crippen LogP contribution in [0.15, 0.2) is 58.3 Å². The fourth-order valence-corrected chi connectivity index (χ4v) is 5.54. The predicted octanol–water partition coefficient (Wildman–Crippen LogP) is 2.08. The molecule has 9 heteroatoms. The van der Waals surface area contributed by atoms with E-state index in [1.54, 1.807) is 35.2 Å². The van der Waals surface area contributed by atoms with E-state index in [4.69, 9.17) is 9.47 Å². The molecule has 0 unspecified atom stereocenters. The van der Waals surface area contributed by atoms with E-state index in [1.165, 1.54) is 16.1 Å². The molecule has 4 rings (SSSR count). The normalized spacial score (nSPS) is 17.2. The van der Waals surface area contributed by atoms with Crippen molar-refractivity contribution >= 4 is 27.7 Å². The summed E-state index contributed by atoms with van der Waals surface area (Å²) in [6, 6.07) is 14.0. The molecule has 0 aliphatic carbocycles. The number of hydrogen-bond acceptors (Lipinski definition) is 6. The minimum atomic E-state index is -3.51. The molecule has 1 amide bonds. The Labute approximate surface area is 174 Å². The van der Waals surface area contributed by atoms with Gasteiger partial charge in [0.1, 0.15) is 13.2 Å². The number of hydrogen-bond donors (Lipinski definition) is 0. The van der Waals surface area contributed by atoms with Gasteiger partial charge < -0.3 is 14.4 Å². The third-order valence-electron chi connectivity index (χ3n) is 4.85. The second-order valence-corrected chi connectivity index (χ2v) is 9.68. The lowest BCUT2D eigenvalue weighted by Gasteiger charge is -2.34. The van der Waals surface area contributed by atoms with Crippen molar-refractivity contribution in [2.75, 3.05) is 45.1 Å². The van der Waals surface area contributed by atoms with E-state index in [2.05, 4.69) is 0 Å². The lowest BCUT2D eigenvalue weighted by molar-refractivity contribution is -0.129. The van der Waals surface area contributed by atoms with Crippen LogP contribution in [-0.4, -0.2) is 68.7 Å². The smallest absolute Gasteiger partial charge is 0.243 e. The minimum absolute atomic E-state index is 0.00153. The number of rotatable bonds is 5. The second kappa shape index (κ2) is 8.64. The largest absolute Gasteiger partial charge is 0.486 e. The van der Waals surface area contributed by atoms with Crippen LogP contribution in [0.25, 0.3) is 0 Å². The first-order chi connectivity index (χ1) is 14.0. The molecule has 2 heterocycles. The maximum atomic E-state index is 12.7. The Hall–Kier alpha value is -2.23. The van der Waals surface area contributed by atoms with Crippen LogP contribution in [0.4, 0.5) is 0 Å². The topological polar surface area (TPSA) is 76.2 Å². The highest BCUT2D eigenvalue weighted by molar-refractivity contribution is 8.00. The summed E-state index contributed by atoms with van der Waals surface area (Å²) in [5.74, 6) is 1.73. The van der Waals surface area contributed by atoms with Crippen LogP contribution in [-0.2, 0) is 14.8 Å². The Balaban J connectivity index is 1.30. The van der Waals surface area contributed by atoms with Gasteiger partial charge in [0.05, 0.1) is 10.6 Å². The average molecular weight is 435 g/mol. The molecule has 2 aromatic rings. The van der Waals surface area contributed by atoms with Gasteiger partial charge in [0, 0.05) is 31.1 Å². The van der Waals surface area contributed by atoms with Crippen molar-refractivity contribution in [1.82, 2.24) is 9.21 Å². The van der Waals surface area contributed by atoms with Gasteiger partial charge in [0.25, 0.3) is 0 Å². The molecular weight excluding hydrogens is 412 g/mol. The Kier molecular flexibility index (Phi) is 5.98. The van der Waals surface area contributed by atoms with Crippen molar-refractivity contribution in [2.45, 2.75) is 9.79 Å². The van der Waals surface area contributed by atoms with Gasteiger partial charge in [-0.2, -0.15) is 4.31 Å². The minimum Gasteiger partial charge on any atom is -0.486 e. The summed E-state index contributed by atoms with van der Waals surface area (Å²) >= 11 is 1.44. The van der Waals surface area contributed by atoms with Gasteiger partial charge in [-0.05, 0) is 30.3 Å². The highest BCUT2D eigenvalue weighted by Gasteiger charge is 2.29. The van der Waals surface area contributed by atoms with Crippen LogP contribution in [0.3, 0.4) is 0 Å². The highest BCUT2D eigenvalue weighted by atomic mass is 32.2. The van der Waals surface area contributed by atoms with E-state index in [0.717, 1.165) is 10.6 Å². The first kappa shape index (κ1) is 20.1. The van der Waals surface area contributed by atoms with Crippen molar-refractivity contribution in [2.24, 2.45) is 0 Å². The molecule has 0 spiro atoms. The van der Waals surface area contributed by atoms with E-state index < -0.39 is 10.0 Å². The SMILES string of the molecule is O=C(CSc1ccc2c(c1)OCCO2)N1CCN(S(=O)(=O)c2ccccc2)CC1. The zero-order valence-electron chi connectivity index (χ0n) is 15.8. The summed E-state index contributed by atoms with van der Waals surface area (Å²) in [5.41, 5.74) is 0. The van der Waals surface area contributed by atoms with Crippen LogP contribution in [0.1, 0.15) is 0 Å². The maximum Gasteiger partial charge on any atom is 0.243 e. The maximum absolute atomic E-state index is 12.7. The molecule has 29 heavy (non-hydrogen) atoms. The third-order valence-corrected chi connectivity index (χ3v) is 7.74. The van der Waals surface area contributed by atoms with Crippen LogP contribution < -0.4 is 9.47 Å². The Morgan fingerprint density at radius 1 is 0.931 bits per heavy atom. The van der Waals surface area contributed by atoms with Gasteiger partial charge in [-0.25, -0.2) is 8.42 Å². The molecule has 2 aliphatic heterocycles. The van der Waals surface area contributed by atoms with Crippen LogP contribution in [0.5, 0.6) is 11.5 Å². The molecule has 1 fully saturated rings. The molecule has 0 atom stereocenters. The first-order valence-corrected chi connectivity index (χ1v) is 11.8. The summed E-state index contributed by atoms with van der Waals surface area (Å²) in [6.07, 6.45) is 0. The number of piperazine rings is 1. The number of carbonyl (C=O) groups is 1. The average Bonchev–Trinajstić information content (AvgIpc) is 2.78. The van der Waals surface area contributed by atoms with E-state index in [-0.39, 0.29) is 10.8 Å². The number of fused-ring (bicyclic) bond motifs is 1. The van der Waals surface area contributed by atoms with Crippen LogP contribution >= 0.6 is 11.8 Å². The fourth-order valence-electron chi connectivity index (χ4n) is 3.27. The van der Waals surface area contributed by atoms with Gasteiger partial charge in [0.2, 0.25) is 15.9 Å². The van der Waals surface area contributed by atoms with Gasteiger partial charge in [-0.15, -0.1) is 11.8 Å². The quantitative estimate of drug-likeness (QED) is 0.671. The number of ether oxygens (including phenoxy) is 2. The molecule has 0 radical (unpaired) electrons. The predicted molar refractivity (Wildman–Crippen MR) is 110 cm³/mol. The van der Waals surface area contributed by atoms with Crippen LogP contribution in [0, 0.1) is 0 Å². The molecule has 7 nitrogen and oxygen atoms in total. The Morgan fingerprint density at radius 3 is 2.34 bits per heavy atom. The Bertz CT molecular complexity index is 974. The summed E-state index contributed by atoms with van der Waals surface area (Å²) in [5, 5.41) is 0. The number of amides is 1. The molecule has 0 N–H and O–H groups in total. The number of thioether (sulfide) groups is 1. The summed E-state index contributed by atoms with van der Waals surface area (Å²) in [7, 11) is -3.51. The lowest BCUT2D eigenvalue weighted by atomic mass is 10.3. The van der Waals surface area contributed by atoms with Crippen molar-refractivity contribution < 1.29 is 22.7 Å². The first-order valence-electron chi connectivity index (χ1n) is 9.39. The van der Waals surface area contributed by atoms with Crippen molar-refractivity contribution in [3.63, 3.8) is 0 Å².